The summed E-state index contributed by atoms with van der Waals surface area (Å²) in [6.45, 7) is 13.4. The summed E-state index contributed by atoms with van der Waals surface area (Å²) < 4.78 is 6.29. The van der Waals surface area contributed by atoms with Crippen molar-refractivity contribution in [3.8, 4) is 15.5 Å². The van der Waals surface area contributed by atoms with Gasteiger partial charge in [-0.3, -0.25) is 0 Å². The standard InChI is InChI=1S/C17H22OS2/c1-9(2)13-7-11-15(19-13)16-12(18-17(11,5)6)8-14(20-16)10(3)4/h7-10H,1-6H3. The van der Waals surface area contributed by atoms with Crippen LogP contribution >= 0.6 is 22.7 Å². The summed E-state index contributed by atoms with van der Waals surface area (Å²) in [6, 6.07) is 4.59. The number of thiophene rings is 2. The van der Waals surface area contributed by atoms with Crippen LogP contribution in [0.25, 0.3) is 9.75 Å². The van der Waals surface area contributed by atoms with Crippen molar-refractivity contribution in [2.75, 3.05) is 0 Å². The Kier molecular flexibility index (Phi) is 3.26. The van der Waals surface area contributed by atoms with Crippen molar-refractivity contribution >= 4 is 22.7 Å². The van der Waals surface area contributed by atoms with Crippen molar-refractivity contribution in [2.24, 2.45) is 0 Å². The SMILES string of the molecule is CC(C)c1cc2c(s1)-c1sc(C(C)C)cc1C(C)(C)O2. The topological polar surface area (TPSA) is 9.23 Å². The quantitative estimate of drug-likeness (QED) is 0.628. The van der Waals surface area contributed by atoms with Gasteiger partial charge >= 0.3 is 0 Å². The molecule has 0 saturated heterocycles. The zero-order valence-corrected chi connectivity index (χ0v) is 14.7. The molecule has 2 aromatic heterocycles. The molecule has 1 aliphatic rings. The van der Waals surface area contributed by atoms with Crippen LogP contribution in [0.3, 0.4) is 0 Å². The Morgan fingerprint density at radius 1 is 0.900 bits per heavy atom. The Morgan fingerprint density at radius 3 is 2.05 bits per heavy atom. The van der Waals surface area contributed by atoms with Crippen LogP contribution in [-0.4, -0.2) is 0 Å². The largest absolute Gasteiger partial charge is 0.482 e. The summed E-state index contributed by atoms with van der Waals surface area (Å²) in [6.07, 6.45) is 0. The predicted molar refractivity (Wildman–Crippen MR) is 89.5 cm³/mol. The van der Waals surface area contributed by atoms with E-state index in [9.17, 15) is 0 Å². The molecule has 2 aromatic rings. The summed E-state index contributed by atoms with van der Waals surface area (Å²) in [5.41, 5.74) is 1.14. The fraction of sp³-hybridized carbons (Fsp3) is 0.529. The van der Waals surface area contributed by atoms with Crippen LogP contribution in [0.15, 0.2) is 12.1 Å². The zero-order valence-electron chi connectivity index (χ0n) is 13.0. The van der Waals surface area contributed by atoms with Crippen LogP contribution in [-0.2, 0) is 5.60 Å². The molecule has 0 unspecified atom stereocenters. The summed E-state index contributed by atoms with van der Waals surface area (Å²) in [7, 11) is 0. The van der Waals surface area contributed by atoms with Gasteiger partial charge in [0.2, 0.25) is 0 Å². The van der Waals surface area contributed by atoms with Gasteiger partial charge in [-0.2, -0.15) is 0 Å². The molecule has 3 heteroatoms. The molecule has 0 N–H and O–H groups in total. The molecule has 0 amide bonds. The molecule has 108 valence electrons. The van der Waals surface area contributed by atoms with E-state index >= 15 is 0 Å². The number of ether oxygens (including phenoxy) is 1. The second-order valence-corrected chi connectivity index (χ2v) is 8.82. The first-order valence-corrected chi connectivity index (χ1v) is 8.90. The highest BCUT2D eigenvalue weighted by Crippen LogP contribution is 2.54. The van der Waals surface area contributed by atoms with E-state index in [0.717, 1.165) is 5.75 Å². The number of fused-ring (bicyclic) bond motifs is 3. The Balaban J connectivity index is 2.20. The summed E-state index contributed by atoms with van der Waals surface area (Å²) in [5.74, 6) is 2.22. The van der Waals surface area contributed by atoms with E-state index in [1.165, 1.54) is 25.1 Å². The van der Waals surface area contributed by atoms with Gasteiger partial charge in [0.1, 0.15) is 11.4 Å². The van der Waals surface area contributed by atoms with Gasteiger partial charge in [0.25, 0.3) is 0 Å². The predicted octanol–water partition coefficient (Wildman–Crippen LogP) is 6.35. The van der Waals surface area contributed by atoms with Crippen LogP contribution < -0.4 is 4.74 Å². The van der Waals surface area contributed by atoms with E-state index in [1.54, 1.807) is 0 Å². The summed E-state index contributed by atoms with van der Waals surface area (Å²) in [5, 5.41) is 0. The Labute approximate surface area is 129 Å². The highest BCUT2D eigenvalue weighted by Gasteiger charge is 2.36. The van der Waals surface area contributed by atoms with Gasteiger partial charge in [0.15, 0.2) is 0 Å². The highest BCUT2D eigenvalue weighted by atomic mass is 32.1. The van der Waals surface area contributed by atoms with Crippen molar-refractivity contribution in [1.82, 2.24) is 0 Å². The van der Waals surface area contributed by atoms with E-state index in [2.05, 4.69) is 53.7 Å². The highest BCUT2D eigenvalue weighted by molar-refractivity contribution is 7.22. The first-order chi connectivity index (χ1) is 9.29. The first kappa shape index (κ1) is 14.2. The first-order valence-electron chi connectivity index (χ1n) is 7.27. The minimum absolute atomic E-state index is 0.221. The smallest absolute Gasteiger partial charge is 0.140 e. The molecule has 20 heavy (non-hydrogen) atoms. The summed E-state index contributed by atoms with van der Waals surface area (Å²) in [4.78, 5) is 5.63. The van der Waals surface area contributed by atoms with Gasteiger partial charge < -0.3 is 4.74 Å². The van der Waals surface area contributed by atoms with Gasteiger partial charge in [-0.05, 0) is 37.8 Å². The van der Waals surface area contributed by atoms with E-state index in [1.807, 2.05) is 22.7 Å². The van der Waals surface area contributed by atoms with Crippen LogP contribution in [0.1, 0.15) is 68.7 Å². The van der Waals surface area contributed by atoms with E-state index < -0.39 is 0 Å². The Morgan fingerprint density at radius 2 is 1.45 bits per heavy atom. The molecule has 0 aromatic carbocycles. The lowest BCUT2D eigenvalue weighted by atomic mass is 9.94. The van der Waals surface area contributed by atoms with Crippen LogP contribution in [0.2, 0.25) is 0 Å². The van der Waals surface area contributed by atoms with Crippen LogP contribution in [0.4, 0.5) is 0 Å². The number of hydrogen-bond donors (Lipinski definition) is 0. The molecular weight excluding hydrogens is 284 g/mol. The second-order valence-electron chi connectivity index (χ2n) is 6.66. The lowest BCUT2D eigenvalue weighted by Crippen LogP contribution is -2.27. The molecule has 3 heterocycles. The molecule has 0 bridgehead atoms. The molecule has 0 radical (unpaired) electrons. The van der Waals surface area contributed by atoms with Gasteiger partial charge in [0.05, 0.1) is 9.75 Å². The van der Waals surface area contributed by atoms with Crippen molar-refractivity contribution < 1.29 is 4.74 Å². The average molecular weight is 306 g/mol. The van der Waals surface area contributed by atoms with Gasteiger partial charge in [-0.15, -0.1) is 22.7 Å². The Bertz CT molecular complexity index is 644. The van der Waals surface area contributed by atoms with Gasteiger partial charge in [-0.25, -0.2) is 0 Å². The molecule has 1 aliphatic heterocycles. The molecule has 0 aliphatic carbocycles. The lowest BCUT2D eigenvalue weighted by Gasteiger charge is -2.31. The third-order valence-corrected chi connectivity index (χ3v) is 6.84. The second kappa shape index (κ2) is 4.60. The summed E-state index contributed by atoms with van der Waals surface area (Å²) >= 11 is 3.84. The van der Waals surface area contributed by atoms with Crippen LogP contribution in [0.5, 0.6) is 5.75 Å². The number of hydrogen-bond acceptors (Lipinski definition) is 3. The number of rotatable bonds is 2. The molecule has 0 atom stereocenters. The van der Waals surface area contributed by atoms with E-state index in [-0.39, 0.29) is 5.60 Å². The average Bonchev–Trinajstić information content (AvgIpc) is 2.90. The van der Waals surface area contributed by atoms with Crippen LogP contribution in [0, 0.1) is 0 Å². The Hall–Kier alpha value is -0.800. The van der Waals surface area contributed by atoms with Crippen molar-refractivity contribution in [1.29, 1.82) is 0 Å². The van der Waals surface area contributed by atoms with Crippen molar-refractivity contribution in [2.45, 2.75) is 59.0 Å². The monoisotopic (exact) mass is 306 g/mol. The third-order valence-electron chi connectivity index (χ3n) is 3.83. The normalized spacial score (nSPS) is 16.2. The fourth-order valence-corrected chi connectivity index (χ4v) is 5.10. The molecule has 3 rings (SSSR count). The minimum atomic E-state index is -0.221. The van der Waals surface area contributed by atoms with Gasteiger partial charge in [-0.1, -0.05) is 27.7 Å². The minimum Gasteiger partial charge on any atom is -0.482 e. The van der Waals surface area contributed by atoms with E-state index in [0.29, 0.717) is 11.8 Å². The molecule has 0 saturated carbocycles. The zero-order chi connectivity index (χ0) is 14.7. The maximum Gasteiger partial charge on any atom is 0.140 e. The van der Waals surface area contributed by atoms with E-state index in [4.69, 9.17) is 4.74 Å². The fourth-order valence-electron chi connectivity index (χ4n) is 2.55. The maximum atomic E-state index is 6.29. The maximum absolute atomic E-state index is 6.29. The third kappa shape index (κ3) is 2.11. The molecule has 0 fully saturated rings. The lowest BCUT2D eigenvalue weighted by molar-refractivity contribution is 0.107. The van der Waals surface area contributed by atoms with Gasteiger partial charge in [0, 0.05) is 15.3 Å². The van der Waals surface area contributed by atoms with Crippen molar-refractivity contribution in [3.05, 3.63) is 27.5 Å². The molecule has 0 spiro atoms. The molecular formula is C17H22OS2. The van der Waals surface area contributed by atoms with Crippen molar-refractivity contribution in [3.63, 3.8) is 0 Å². The molecule has 1 nitrogen and oxygen atoms in total.